The quantitative estimate of drug-likeness (QED) is 0.279. The first-order chi connectivity index (χ1) is 18.0. The van der Waals surface area contributed by atoms with Crippen molar-refractivity contribution in [2.45, 2.75) is 31.1 Å². The molecule has 194 valence electrons. The predicted molar refractivity (Wildman–Crippen MR) is 144 cm³/mol. The zero-order valence-corrected chi connectivity index (χ0v) is 22.6. The van der Waals surface area contributed by atoms with Gasteiger partial charge < -0.3 is 9.47 Å². The molecule has 4 rings (SSSR count). The molecule has 0 unspecified atom stereocenters. The Morgan fingerprint density at radius 2 is 1.68 bits per heavy atom. The number of sulfonamides is 1. The number of hydrogen-bond donors (Lipinski definition) is 1. The van der Waals surface area contributed by atoms with Gasteiger partial charge in [0.1, 0.15) is 11.8 Å². The van der Waals surface area contributed by atoms with Crippen molar-refractivity contribution in [2.24, 2.45) is 0 Å². The molecule has 0 fully saturated rings. The number of aromatic nitrogens is 3. The molecule has 11 heteroatoms. The maximum atomic E-state index is 13.4. The van der Waals surface area contributed by atoms with Crippen LogP contribution in [0.3, 0.4) is 0 Å². The fourth-order valence-corrected chi connectivity index (χ4v) is 4.69. The van der Waals surface area contributed by atoms with Crippen molar-refractivity contribution in [3.63, 3.8) is 0 Å². The smallest absolute Gasteiger partial charge is 0.263 e. The fraction of sp³-hybridized carbons (Fsp3) is 0.185. The number of ether oxygens (including phenoxy) is 2. The van der Waals surface area contributed by atoms with E-state index in [0.29, 0.717) is 11.3 Å². The molecule has 1 N–H and O–H groups in total. The van der Waals surface area contributed by atoms with Crippen LogP contribution in [0.2, 0.25) is 5.15 Å². The van der Waals surface area contributed by atoms with E-state index < -0.39 is 10.0 Å². The zero-order valence-electron chi connectivity index (χ0n) is 21.1. The minimum atomic E-state index is -4.11. The number of rotatable bonds is 7. The van der Waals surface area contributed by atoms with Gasteiger partial charge in [0.25, 0.3) is 10.0 Å². The van der Waals surface area contributed by atoms with Crippen LogP contribution in [-0.4, -0.2) is 30.5 Å². The summed E-state index contributed by atoms with van der Waals surface area (Å²) in [5.41, 5.74) is 1.39. The molecule has 0 atom stereocenters. The number of anilines is 1. The Labute approximate surface area is 226 Å². The standard InChI is InChI=1S/C27H24ClN5O4S/c1-27(2,3)18-9-11-20(12-10-18)38(34,35)33-26-23(37-22-8-6-5-7-21(22)36-4)24(28)31-25(32-26)17-13-14-30-19(15-17)16-29/h5-15H,1-4H3,(H,31,32,33). The van der Waals surface area contributed by atoms with E-state index in [1.54, 1.807) is 42.5 Å². The van der Waals surface area contributed by atoms with Crippen LogP contribution < -0.4 is 14.2 Å². The minimum Gasteiger partial charge on any atom is -0.493 e. The summed E-state index contributed by atoms with van der Waals surface area (Å²) in [5, 5.41) is 9.07. The van der Waals surface area contributed by atoms with Crippen molar-refractivity contribution in [3.05, 3.63) is 83.3 Å². The maximum absolute atomic E-state index is 13.4. The number of nitrogens with one attached hydrogen (secondary N) is 1. The first kappa shape index (κ1) is 26.9. The van der Waals surface area contributed by atoms with Crippen LogP contribution in [0, 0.1) is 11.3 Å². The Hall–Kier alpha value is -4.20. The Morgan fingerprint density at radius 3 is 2.32 bits per heavy atom. The average Bonchev–Trinajstić information content (AvgIpc) is 2.90. The molecule has 0 aliphatic heterocycles. The molecule has 9 nitrogen and oxygen atoms in total. The monoisotopic (exact) mass is 549 g/mol. The number of benzene rings is 2. The van der Waals surface area contributed by atoms with Gasteiger partial charge >= 0.3 is 0 Å². The number of nitriles is 1. The molecular weight excluding hydrogens is 526 g/mol. The molecule has 0 amide bonds. The average molecular weight is 550 g/mol. The van der Waals surface area contributed by atoms with Crippen LogP contribution in [0.5, 0.6) is 17.2 Å². The fourth-order valence-electron chi connectivity index (χ4n) is 3.48. The second-order valence-corrected chi connectivity index (χ2v) is 11.2. The first-order valence-electron chi connectivity index (χ1n) is 11.4. The lowest BCUT2D eigenvalue weighted by molar-refractivity contribution is 0.378. The topological polar surface area (TPSA) is 127 Å². The second-order valence-electron chi connectivity index (χ2n) is 9.19. The van der Waals surface area contributed by atoms with Gasteiger partial charge in [-0.05, 0) is 47.4 Å². The number of halogens is 1. The molecule has 0 saturated heterocycles. The van der Waals surface area contributed by atoms with Crippen molar-refractivity contribution < 1.29 is 17.9 Å². The van der Waals surface area contributed by atoms with Gasteiger partial charge in [-0.2, -0.15) is 5.26 Å². The van der Waals surface area contributed by atoms with Crippen molar-refractivity contribution in [2.75, 3.05) is 11.8 Å². The van der Waals surface area contributed by atoms with E-state index in [4.69, 9.17) is 21.1 Å². The van der Waals surface area contributed by atoms with Crippen molar-refractivity contribution in [3.8, 4) is 34.7 Å². The van der Waals surface area contributed by atoms with Crippen molar-refractivity contribution >= 4 is 27.4 Å². The molecule has 0 spiro atoms. The summed E-state index contributed by atoms with van der Waals surface area (Å²) >= 11 is 6.52. The van der Waals surface area contributed by atoms with Crippen LogP contribution >= 0.6 is 11.6 Å². The van der Waals surface area contributed by atoms with Gasteiger partial charge in [0.15, 0.2) is 28.3 Å². The Kier molecular flexibility index (Phi) is 7.53. The van der Waals surface area contributed by atoms with Gasteiger partial charge in [0, 0.05) is 11.8 Å². The summed E-state index contributed by atoms with van der Waals surface area (Å²) in [5.74, 6) is 0.429. The lowest BCUT2D eigenvalue weighted by Gasteiger charge is -2.19. The largest absolute Gasteiger partial charge is 0.493 e. The summed E-state index contributed by atoms with van der Waals surface area (Å²) in [6.07, 6.45) is 1.42. The Bertz CT molecular complexity index is 1630. The summed E-state index contributed by atoms with van der Waals surface area (Å²) in [7, 11) is -2.63. The van der Waals surface area contributed by atoms with Gasteiger partial charge in [0.05, 0.1) is 12.0 Å². The van der Waals surface area contributed by atoms with Gasteiger partial charge in [-0.25, -0.2) is 23.4 Å². The van der Waals surface area contributed by atoms with E-state index in [-0.39, 0.29) is 44.3 Å². The van der Waals surface area contributed by atoms with Crippen LogP contribution in [-0.2, 0) is 15.4 Å². The van der Waals surface area contributed by atoms with Crippen LogP contribution in [0.15, 0.2) is 71.8 Å². The third-order valence-electron chi connectivity index (χ3n) is 5.50. The highest BCUT2D eigenvalue weighted by atomic mass is 35.5. The molecule has 2 heterocycles. The SMILES string of the molecule is COc1ccccc1Oc1c(Cl)nc(-c2ccnc(C#N)c2)nc1NS(=O)(=O)c1ccc(C(C)(C)C)cc1. The van der Waals surface area contributed by atoms with E-state index in [1.807, 2.05) is 26.8 Å². The zero-order chi connectivity index (χ0) is 27.5. The van der Waals surface area contributed by atoms with E-state index in [2.05, 4.69) is 19.7 Å². The number of para-hydroxylation sites is 2. The molecule has 0 saturated carbocycles. The molecule has 4 aromatic rings. The molecule has 38 heavy (non-hydrogen) atoms. The lowest BCUT2D eigenvalue weighted by atomic mass is 9.87. The van der Waals surface area contributed by atoms with Crippen LogP contribution in [0.1, 0.15) is 32.0 Å². The highest BCUT2D eigenvalue weighted by molar-refractivity contribution is 7.92. The van der Waals surface area contributed by atoms with E-state index >= 15 is 0 Å². The van der Waals surface area contributed by atoms with Gasteiger partial charge in [-0.1, -0.05) is 56.6 Å². The third kappa shape index (κ3) is 5.85. The number of nitrogens with zero attached hydrogens (tertiary/aromatic N) is 4. The van der Waals surface area contributed by atoms with E-state index in [9.17, 15) is 13.7 Å². The molecule has 0 radical (unpaired) electrons. The summed E-state index contributed by atoms with van der Waals surface area (Å²) in [6, 6.07) is 18.4. The van der Waals surface area contributed by atoms with Crippen LogP contribution in [0.25, 0.3) is 11.4 Å². The van der Waals surface area contributed by atoms with E-state index in [0.717, 1.165) is 5.56 Å². The highest BCUT2D eigenvalue weighted by Gasteiger charge is 2.24. The minimum absolute atomic E-state index is 0.0284. The molecular formula is C27H24ClN5O4S. The summed E-state index contributed by atoms with van der Waals surface area (Å²) in [6.45, 7) is 6.12. The van der Waals surface area contributed by atoms with Gasteiger partial charge in [0.2, 0.25) is 5.75 Å². The van der Waals surface area contributed by atoms with Crippen molar-refractivity contribution in [1.29, 1.82) is 5.26 Å². The first-order valence-corrected chi connectivity index (χ1v) is 13.3. The van der Waals surface area contributed by atoms with Crippen molar-refractivity contribution in [1.82, 2.24) is 15.0 Å². The lowest BCUT2D eigenvalue weighted by Crippen LogP contribution is -2.16. The normalized spacial score (nSPS) is 11.5. The summed E-state index contributed by atoms with van der Waals surface area (Å²) < 4.78 is 40.6. The molecule has 2 aromatic heterocycles. The van der Waals surface area contributed by atoms with E-state index in [1.165, 1.54) is 31.5 Å². The summed E-state index contributed by atoms with van der Waals surface area (Å²) in [4.78, 5) is 12.7. The maximum Gasteiger partial charge on any atom is 0.263 e. The number of hydrogen-bond acceptors (Lipinski definition) is 8. The highest BCUT2D eigenvalue weighted by Crippen LogP contribution is 2.40. The van der Waals surface area contributed by atoms with Crippen LogP contribution in [0.4, 0.5) is 5.82 Å². The Balaban J connectivity index is 1.82. The molecule has 2 aromatic carbocycles. The van der Waals surface area contributed by atoms with Gasteiger partial charge in [-0.3, -0.25) is 4.72 Å². The van der Waals surface area contributed by atoms with Gasteiger partial charge in [-0.15, -0.1) is 0 Å². The molecule has 0 bridgehead atoms. The second kappa shape index (κ2) is 10.7. The molecule has 0 aliphatic rings. The predicted octanol–water partition coefficient (Wildman–Crippen LogP) is 5.96. The Morgan fingerprint density at radius 1 is 1.00 bits per heavy atom. The third-order valence-corrected chi connectivity index (χ3v) is 7.11. The molecule has 0 aliphatic carbocycles. The number of methoxy groups -OCH3 is 1. The number of pyridine rings is 1.